The van der Waals surface area contributed by atoms with Crippen molar-refractivity contribution in [3.8, 4) is 0 Å². The lowest BCUT2D eigenvalue weighted by Gasteiger charge is -2.26. The van der Waals surface area contributed by atoms with Gasteiger partial charge >= 0.3 is 0 Å². The number of hydrogen-bond donors (Lipinski definition) is 2. The molecule has 1 aliphatic heterocycles. The van der Waals surface area contributed by atoms with Gasteiger partial charge < -0.3 is 15.0 Å². The average molecular weight is 329 g/mol. The van der Waals surface area contributed by atoms with Crippen molar-refractivity contribution in [1.82, 2.24) is 10.2 Å². The van der Waals surface area contributed by atoms with E-state index in [0.717, 1.165) is 0 Å². The van der Waals surface area contributed by atoms with Gasteiger partial charge in [-0.1, -0.05) is 11.6 Å². The number of halogens is 1. The third-order valence-electron chi connectivity index (χ3n) is 3.18. The number of nitrogens with zero attached hydrogens (tertiary/aromatic N) is 1. The number of benzene rings is 1. The van der Waals surface area contributed by atoms with Crippen molar-refractivity contribution < 1.29 is 14.3 Å². The summed E-state index contributed by atoms with van der Waals surface area (Å²) in [6.07, 6.45) is 0.268. The summed E-state index contributed by atoms with van der Waals surface area (Å²) in [5.74, 6) is -0.279. The molecule has 1 aromatic carbocycles. The van der Waals surface area contributed by atoms with Gasteiger partial charge in [-0.15, -0.1) is 12.6 Å². The van der Waals surface area contributed by atoms with E-state index in [1.54, 1.807) is 23.1 Å². The molecule has 1 fully saturated rings. The van der Waals surface area contributed by atoms with Crippen LogP contribution in [0.5, 0.6) is 0 Å². The SMILES string of the molecule is O=C(NCCC(=O)N1CCOCC1)c1cc(S)ccc1Cl. The Morgan fingerprint density at radius 2 is 2.05 bits per heavy atom. The van der Waals surface area contributed by atoms with Crippen LogP contribution in [0.15, 0.2) is 23.1 Å². The molecule has 0 bridgehead atoms. The monoisotopic (exact) mass is 328 g/mol. The Morgan fingerprint density at radius 3 is 2.76 bits per heavy atom. The van der Waals surface area contributed by atoms with Gasteiger partial charge in [0.15, 0.2) is 0 Å². The van der Waals surface area contributed by atoms with E-state index in [0.29, 0.717) is 41.8 Å². The van der Waals surface area contributed by atoms with Crippen LogP contribution in [0.25, 0.3) is 0 Å². The minimum absolute atomic E-state index is 0.0210. The third-order valence-corrected chi connectivity index (χ3v) is 3.79. The van der Waals surface area contributed by atoms with Crippen molar-refractivity contribution in [2.75, 3.05) is 32.8 Å². The van der Waals surface area contributed by atoms with Crippen molar-refractivity contribution in [2.24, 2.45) is 0 Å². The predicted octanol–water partition coefficient (Wildman–Crippen LogP) is 1.61. The molecule has 5 nitrogen and oxygen atoms in total. The van der Waals surface area contributed by atoms with Gasteiger partial charge in [0.2, 0.25) is 5.91 Å². The molecule has 1 aromatic rings. The Labute approximate surface area is 134 Å². The first-order valence-electron chi connectivity index (χ1n) is 6.70. The Balaban J connectivity index is 1.81. The summed E-state index contributed by atoms with van der Waals surface area (Å²) in [5.41, 5.74) is 0.364. The van der Waals surface area contributed by atoms with Crippen LogP contribution >= 0.6 is 24.2 Å². The van der Waals surface area contributed by atoms with Crippen molar-refractivity contribution >= 4 is 36.0 Å². The lowest BCUT2D eigenvalue weighted by atomic mass is 10.2. The maximum Gasteiger partial charge on any atom is 0.252 e. The molecular formula is C14H17ClN2O3S. The van der Waals surface area contributed by atoms with E-state index in [-0.39, 0.29) is 24.8 Å². The first kappa shape index (κ1) is 16.1. The number of amides is 2. The van der Waals surface area contributed by atoms with Crippen molar-refractivity contribution in [3.63, 3.8) is 0 Å². The smallest absolute Gasteiger partial charge is 0.252 e. The van der Waals surface area contributed by atoms with E-state index in [9.17, 15) is 9.59 Å². The number of morpholine rings is 1. The Hall–Kier alpha value is -1.24. The Bertz CT molecular complexity index is 533. The minimum Gasteiger partial charge on any atom is -0.378 e. The minimum atomic E-state index is -0.300. The number of ether oxygens (including phenoxy) is 1. The zero-order valence-electron chi connectivity index (χ0n) is 11.5. The van der Waals surface area contributed by atoms with Crippen LogP contribution in [-0.2, 0) is 9.53 Å². The van der Waals surface area contributed by atoms with E-state index >= 15 is 0 Å². The zero-order valence-corrected chi connectivity index (χ0v) is 13.1. The van der Waals surface area contributed by atoms with Crippen molar-refractivity contribution in [3.05, 3.63) is 28.8 Å². The fraction of sp³-hybridized carbons (Fsp3) is 0.429. The summed E-state index contributed by atoms with van der Waals surface area (Å²) in [6.45, 7) is 2.65. The summed E-state index contributed by atoms with van der Waals surface area (Å²) in [5, 5.41) is 3.07. The predicted molar refractivity (Wildman–Crippen MR) is 83.1 cm³/mol. The first-order chi connectivity index (χ1) is 10.1. The number of carbonyl (C=O) groups excluding carboxylic acids is 2. The summed E-state index contributed by atoms with van der Waals surface area (Å²) in [4.78, 5) is 26.3. The number of hydrogen-bond acceptors (Lipinski definition) is 4. The van der Waals surface area contributed by atoms with Crippen LogP contribution in [0.1, 0.15) is 16.8 Å². The molecule has 114 valence electrons. The molecule has 1 aliphatic rings. The van der Waals surface area contributed by atoms with Crippen LogP contribution < -0.4 is 5.32 Å². The molecule has 2 amide bonds. The van der Waals surface area contributed by atoms with Gasteiger partial charge in [0.1, 0.15) is 0 Å². The fourth-order valence-electron chi connectivity index (χ4n) is 2.04. The number of thiol groups is 1. The van der Waals surface area contributed by atoms with Crippen molar-refractivity contribution in [1.29, 1.82) is 0 Å². The van der Waals surface area contributed by atoms with Gasteiger partial charge in [-0.3, -0.25) is 9.59 Å². The standard InChI is InChI=1S/C14H17ClN2O3S/c15-12-2-1-10(21)9-11(12)14(19)16-4-3-13(18)17-5-7-20-8-6-17/h1-2,9,21H,3-8H2,(H,16,19). The molecule has 7 heteroatoms. The summed E-state index contributed by atoms with van der Waals surface area (Å²) in [6, 6.07) is 4.94. The van der Waals surface area contributed by atoms with Gasteiger partial charge in [-0.25, -0.2) is 0 Å². The van der Waals surface area contributed by atoms with Crippen LogP contribution in [-0.4, -0.2) is 49.6 Å². The average Bonchev–Trinajstić information content (AvgIpc) is 2.50. The second-order valence-electron chi connectivity index (χ2n) is 4.66. The highest BCUT2D eigenvalue weighted by molar-refractivity contribution is 7.80. The molecule has 0 spiro atoms. The van der Waals surface area contributed by atoms with E-state index in [1.165, 1.54) is 0 Å². The van der Waals surface area contributed by atoms with E-state index in [1.807, 2.05) is 0 Å². The largest absolute Gasteiger partial charge is 0.378 e. The van der Waals surface area contributed by atoms with Crippen molar-refractivity contribution in [2.45, 2.75) is 11.3 Å². The Morgan fingerprint density at radius 1 is 1.33 bits per heavy atom. The maximum atomic E-state index is 12.0. The number of rotatable bonds is 4. The quantitative estimate of drug-likeness (QED) is 0.826. The fourth-order valence-corrected chi connectivity index (χ4v) is 2.44. The molecule has 1 heterocycles. The number of nitrogens with one attached hydrogen (secondary N) is 1. The maximum absolute atomic E-state index is 12.0. The lowest BCUT2D eigenvalue weighted by molar-refractivity contribution is -0.135. The van der Waals surface area contributed by atoms with Crippen LogP contribution in [0.2, 0.25) is 5.02 Å². The van der Waals surface area contributed by atoms with Gasteiger partial charge in [0, 0.05) is 31.0 Å². The zero-order chi connectivity index (χ0) is 15.2. The first-order valence-corrected chi connectivity index (χ1v) is 7.52. The molecule has 2 rings (SSSR count). The molecule has 1 saturated heterocycles. The molecule has 0 aliphatic carbocycles. The second-order valence-corrected chi connectivity index (χ2v) is 5.59. The Kier molecular flexibility index (Phi) is 5.90. The second kappa shape index (κ2) is 7.68. The van der Waals surface area contributed by atoms with E-state index in [4.69, 9.17) is 16.3 Å². The molecule has 0 aromatic heterocycles. The molecule has 0 atom stereocenters. The molecule has 0 unspecified atom stereocenters. The van der Waals surface area contributed by atoms with Gasteiger partial charge in [-0.05, 0) is 18.2 Å². The number of carbonyl (C=O) groups is 2. The summed E-state index contributed by atoms with van der Waals surface area (Å²) in [7, 11) is 0. The molecular weight excluding hydrogens is 312 g/mol. The van der Waals surface area contributed by atoms with E-state index < -0.39 is 0 Å². The highest BCUT2D eigenvalue weighted by Gasteiger charge is 2.17. The molecule has 0 saturated carbocycles. The molecule has 0 radical (unpaired) electrons. The van der Waals surface area contributed by atoms with E-state index in [2.05, 4.69) is 17.9 Å². The van der Waals surface area contributed by atoms with Gasteiger partial charge in [0.05, 0.1) is 23.8 Å². The summed E-state index contributed by atoms with van der Waals surface area (Å²) < 4.78 is 5.19. The highest BCUT2D eigenvalue weighted by Crippen LogP contribution is 2.19. The van der Waals surface area contributed by atoms with Crippen LogP contribution in [0.4, 0.5) is 0 Å². The molecule has 21 heavy (non-hydrogen) atoms. The van der Waals surface area contributed by atoms with Crippen LogP contribution in [0.3, 0.4) is 0 Å². The van der Waals surface area contributed by atoms with Gasteiger partial charge in [-0.2, -0.15) is 0 Å². The van der Waals surface area contributed by atoms with Crippen LogP contribution in [0, 0.1) is 0 Å². The third kappa shape index (κ3) is 4.62. The molecule has 1 N–H and O–H groups in total. The highest BCUT2D eigenvalue weighted by atomic mass is 35.5. The summed E-state index contributed by atoms with van der Waals surface area (Å²) >= 11 is 10.1. The topological polar surface area (TPSA) is 58.6 Å². The lowest BCUT2D eigenvalue weighted by Crippen LogP contribution is -2.42. The van der Waals surface area contributed by atoms with Gasteiger partial charge in [0.25, 0.3) is 5.91 Å². The normalized spacial score (nSPS) is 14.9.